The summed E-state index contributed by atoms with van der Waals surface area (Å²) >= 11 is 0. The molecule has 5 aromatic rings. The molecule has 220 valence electrons. The molecular formula is C40H38N2O2. The Morgan fingerprint density at radius 2 is 1.70 bits per heavy atom. The number of rotatable bonds is 4. The SMILES string of the molecule is C1=CC2=C(CC1)C(Cc1ccccc1)Cc1c2ccc2ccccc12.CC(C)(C)/C(=C\c1ccc2cnccc2n1)C(=O)O. The number of carboxylic acids is 1. The Labute approximate surface area is 259 Å². The highest BCUT2D eigenvalue weighted by atomic mass is 16.4. The molecule has 3 aromatic carbocycles. The molecule has 1 unspecified atom stereocenters. The van der Waals surface area contributed by atoms with E-state index >= 15 is 0 Å². The summed E-state index contributed by atoms with van der Waals surface area (Å²) in [5, 5.41) is 13.0. The van der Waals surface area contributed by atoms with Crippen LogP contribution in [0.4, 0.5) is 0 Å². The van der Waals surface area contributed by atoms with Crippen LogP contribution in [0, 0.1) is 11.3 Å². The zero-order valence-corrected chi connectivity index (χ0v) is 25.6. The molecule has 2 aliphatic carbocycles. The molecule has 0 fully saturated rings. The lowest BCUT2D eigenvalue weighted by molar-refractivity contribution is -0.133. The molecule has 2 aliphatic rings. The van der Waals surface area contributed by atoms with Gasteiger partial charge in [-0.05, 0) is 94.3 Å². The molecule has 0 saturated carbocycles. The predicted molar refractivity (Wildman–Crippen MR) is 181 cm³/mol. The molecule has 0 radical (unpaired) electrons. The maximum atomic E-state index is 11.3. The van der Waals surface area contributed by atoms with Gasteiger partial charge in [0.15, 0.2) is 0 Å². The van der Waals surface area contributed by atoms with Gasteiger partial charge in [-0.2, -0.15) is 0 Å². The average molecular weight is 579 g/mol. The third-order valence-corrected chi connectivity index (χ3v) is 8.65. The number of allylic oxidation sites excluding steroid dienone is 4. The van der Waals surface area contributed by atoms with Gasteiger partial charge in [-0.25, -0.2) is 9.78 Å². The second-order valence-electron chi connectivity index (χ2n) is 12.7. The minimum absolute atomic E-state index is 0.341. The van der Waals surface area contributed by atoms with Crippen LogP contribution >= 0.6 is 0 Å². The summed E-state index contributed by atoms with van der Waals surface area (Å²) in [5.41, 5.74) is 9.01. The van der Waals surface area contributed by atoms with E-state index in [0.29, 0.717) is 17.2 Å². The highest BCUT2D eigenvalue weighted by molar-refractivity contribution is 5.94. The number of aliphatic carboxylic acids is 1. The summed E-state index contributed by atoms with van der Waals surface area (Å²) in [7, 11) is 0. The minimum atomic E-state index is -0.913. The van der Waals surface area contributed by atoms with Crippen LogP contribution in [0.25, 0.3) is 33.3 Å². The summed E-state index contributed by atoms with van der Waals surface area (Å²) in [6.45, 7) is 5.62. The van der Waals surface area contributed by atoms with Gasteiger partial charge in [0.1, 0.15) is 0 Å². The lowest BCUT2D eigenvalue weighted by Crippen LogP contribution is -2.20. The quantitative estimate of drug-likeness (QED) is 0.216. The first-order valence-corrected chi connectivity index (χ1v) is 15.4. The van der Waals surface area contributed by atoms with E-state index in [9.17, 15) is 9.90 Å². The summed E-state index contributed by atoms with van der Waals surface area (Å²) in [6, 6.07) is 30.0. The molecule has 0 saturated heterocycles. The van der Waals surface area contributed by atoms with Crippen molar-refractivity contribution in [3.63, 3.8) is 0 Å². The summed E-state index contributed by atoms with van der Waals surface area (Å²) in [6.07, 6.45) is 14.5. The van der Waals surface area contributed by atoms with Gasteiger partial charge >= 0.3 is 5.97 Å². The third kappa shape index (κ3) is 6.26. The molecule has 0 aliphatic heterocycles. The molecule has 1 N–H and O–H groups in total. The Balaban J connectivity index is 0.000000163. The minimum Gasteiger partial charge on any atom is -0.478 e. The van der Waals surface area contributed by atoms with Gasteiger partial charge in [0.25, 0.3) is 0 Å². The van der Waals surface area contributed by atoms with Gasteiger partial charge < -0.3 is 5.11 Å². The van der Waals surface area contributed by atoms with Crippen molar-refractivity contribution in [1.82, 2.24) is 9.97 Å². The number of fused-ring (bicyclic) bond motifs is 5. The fourth-order valence-corrected chi connectivity index (χ4v) is 6.45. The Morgan fingerprint density at radius 3 is 2.50 bits per heavy atom. The summed E-state index contributed by atoms with van der Waals surface area (Å²) in [5.74, 6) is -0.287. The standard InChI is InChI=1S/C25H22.C15H16N2O2/c1-2-8-18(9-3-1)16-20-17-25-21-11-5-4-10-19(21)14-15-24(25)23-13-7-6-12-22(20)23;1-15(2,3)12(14(18)19)8-11-5-4-10-9-16-7-6-13(10)17-11/h1-5,7-11,13-15,20H,6,12,16-17H2;4-9H,1-3H3,(H,18,19)/b;12-8-. The molecule has 0 amide bonds. The fraction of sp³-hybridized carbons (Fsp3) is 0.225. The molecule has 4 heteroatoms. The van der Waals surface area contributed by atoms with Crippen LogP contribution in [0.1, 0.15) is 56.0 Å². The van der Waals surface area contributed by atoms with E-state index in [2.05, 4.69) is 88.9 Å². The van der Waals surface area contributed by atoms with Crippen LogP contribution in [0.3, 0.4) is 0 Å². The van der Waals surface area contributed by atoms with Crippen molar-refractivity contribution in [2.24, 2.45) is 11.3 Å². The van der Waals surface area contributed by atoms with Crippen LogP contribution in [0.15, 0.2) is 121 Å². The number of carboxylic acid groups (broad SMARTS) is 1. The van der Waals surface area contributed by atoms with E-state index in [0.717, 1.165) is 23.7 Å². The number of pyridine rings is 2. The zero-order valence-electron chi connectivity index (χ0n) is 25.6. The van der Waals surface area contributed by atoms with Crippen molar-refractivity contribution in [3.8, 4) is 0 Å². The van der Waals surface area contributed by atoms with E-state index in [1.807, 2.05) is 32.9 Å². The highest BCUT2D eigenvalue weighted by Gasteiger charge is 2.28. The monoisotopic (exact) mass is 578 g/mol. The number of hydrogen-bond donors (Lipinski definition) is 1. The number of hydrogen-bond acceptors (Lipinski definition) is 3. The largest absolute Gasteiger partial charge is 0.478 e. The highest BCUT2D eigenvalue weighted by Crippen LogP contribution is 2.43. The van der Waals surface area contributed by atoms with Gasteiger partial charge in [-0.1, -0.05) is 105 Å². The maximum absolute atomic E-state index is 11.3. The van der Waals surface area contributed by atoms with E-state index in [-0.39, 0.29) is 0 Å². The van der Waals surface area contributed by atoms with E-state index < -0.39 is 11.4 Å². The van der Waals surface area contributed by atoms with Gasteiger partial charge in [-0.3, -0.25) is 4.98 Å². The summed E-state index contributed by atoms with van der Waals surface area (Å²) in [4.78, 5) is 19.8. The van der Waals surface area contributed by atoms with Crippen molar-refractivity contribution in [3.05, 3.63) is 143 Å². The molecule has 0 spiro atoms. The van der Waals surface area contributed by atoms with Crippen LogP contribution in [0.5, 0.6) is 0 Å². The van der Waals surface area contributed by atoms with E-state index in [1.54, 1.807) is 35.7 Å². The molecule has 2 aromatic heterocycles. The van der Waals surface area contributed by atoms with Crippen LogP contribution < -0.4 is 0 Å². The first kappa shape index (κ1) is 29.3. The molecule has 0 bridgehead atoms. The van der Waals surface area contributed by atoms with Crippen molar-refractivity contribution in [2.75, 3.05) is 0 Å². The van der Waals surface area contributed by atoms with Crippen LogP contribution in [-0.2, 0) is 17.6 Å². The molecule has 7 rings (SSSR count). The zero-order chi connectivity index (χ0) is 30.7. The lowest BCUT2D eigenvalue weighted by atomic mass is 9.72. The molecule has 1 atom stereocenters. The molecule has 2 heterocycles. The summed E-state index contributed by atoms with van der Waals surface area (Å²) < 4.78 is 0. The second kappa shape index (κ2) is 12.4. The van der Waals surface area contributed by atoms with Gasteiger partial charge in [0, 0.05) is 23.4 Å². The topological polar surface area (TPSA) is 63.1 Å². The number of nitrogens with zero attached hydrogens (tertiary/aromatic N) is 2. The number of aromatic nitrogens is 2. The van der Waals surface area contributed by atoms with Crippen molar-refractivity contribution < 1.29 is 9.90 Å². The average Bonchev–Trinajstić information content (AvgIpc) is 3.03. The Bertz CT molecular complexity index is 1930. The molecule has 4 nitrogen and oxygen atoms in total. The van der Waals surface area contributed by atoms with Crippen LogP contribution in [-0.4, -0.2) is 21.0 Å². The maximum Gasteiger partial charge on any atom is 0.332 e. The van der Waals surface area contributed by atoms with Gasteiger partial charge in [0.2, 0.25) is 0 Å². The Kier molecular flexibility index (Phi) is 8.25. The number of benzene rings is 3. The van der Waals surface area contributed by atoms with E-state index in [1.165, 1.54) is 40.3 Å². The van der Waals surface area contributed by atoms with E-state index in [4.69, 9.17) is 0 Å². The molecule has 44 heavy (non-hydrogen) atoms. The normalized spacial score (nSPS) is 16.2. The first-order chi connectivity index (χ1) is 21.3. The fourth-order valence-electron chi connectivity index (χ4n) is 6.45. The van der Waals surface area contributed by atoms with Gasteiger partial charge in [0.05, 0.1) is 11.2 Å². The second-order valence-corrected chi connectivity index (χ2v) is 12.7. The van der Waals surface area contributed by atoms with Crippen molar-refractivity contribution >= 4 is 39.3 Å². The lowest BCUT2D eigenvalue weighted by Gasteiger charge is -2.32. The first-order valence-electron chi connectivity index (χ1n) is 15.4. The van der Waals surface area contributed by atoms with Crippen LogP contribution in [0.2, 0.25) is 0 Å². The van der Waals surface area contributed by atoms with Gasteiger partial charge in [-0.15, -0.1) is 0 Å². The third-order valence-electron chi connectivity index (χ3n) is 8.65. The smallest absolute Gasteiger partial charge is 0.332 e. The van der Waals surface area contributed by atoms with Crippen molar-refractivity contribution in [2.45, 2.75) is 46.5 Å². The molecular weight excluding hydrogens is 540 g/mol. The Morgan fingerprint density at radius 1 is 0.932 bits per heavy atom. The predicted octanol–water partition coefficient (Wildman–Crippen LogP) is 9.50. The number of carbonyl (C=O) groups is 1. The Hall–Kier alpha value is -4.83. The van der Waals surface area contributed by atoms with Crippen molar-refractivity contribution in [1.29, 1.82) is 0 Å².